The fourth-order valence-electron chi connectivity index (χ4n) is 6.41. The number of rotatable bonds is 8. The Balaban J connectivity index is 1.57. The van der Waals surface area contributed by atoms with E-state index < -0.39 is 101 Å². The smallest absolute Gasteiger partial charge is 0.354 e. The lowest BCUT2D eigenvalue weighted by Crippen LogP contribution is -2.55. The topological polar surface area (TPSA) is 224 Å². The Kier molecular flexibility index (Phi) is 9.34. The Morgan fingerprint density at radius 3 is 2.33 bits per heavy atom. The summed E-state index contributed by atoms with van der Waals surface area (Å²) in [5, 5.41) is 48.3. The molecule has 5 unspecified atom stereocenters. The lowest BCUT2D eigenvalue weighted by molar-refractivity contribution is -0.249. The van der Waals surface area contributed by atoms with Gasteiger partial charge in [-0.3, -0.25) is 14.4 Å². The normalized spacial score (nSPS) is 26.5. The first-order chi connectivity index (χ1) is 22.7. The summed E-state index contributed by atoms with van der Waals surface area (Å²) in [6, 6.07) is 3.35. The fraction of sp³-hybridized carbons (Fsp3) is 0.424. The summed E-state index contributed by atoms with van der Waals surface area (Å²) in [4.78, 5) is 64.5. The van der Waals surface area contributed by atoms with E-state index in [9.17, 15) is 44.4 Å². The molecule has 0 bridgehead atoms. The van der Waals surface area contributed by atoms with E-state index in [4.69, 9.17) is 18.9 Å². The number of phenolic OH excluding ortho intramolecular Hbond substituents is 2. The first-order valence-corrected chi connectivity index (χ1v) is 14.9. The second-order valence-electron chi connectivity index (χ2n) is 11.8. The van der Waals surface area contributed by atoms with Crippen LogP contribution in [0.5, 0.6) is 17.2 Å². The van der Waals surface area contributed by atoms with E-state index in [1.807, 2.05) is 0 Å². The number of fused-ring (bicyclic) bond motifs is 3. The molecule has 1 saturated heterocycles. The molecule has 5 rings (SSSR count). The molecule has 2 aliphatic carbocycles. The fourth-order valence-corrected chi connectivity index (χ4v) is 6.41. The molecular formula is C33H35NO14. The quantitative estimate of drug-likeness (QED) is 0.128. The Morgan fingerprint density at radius 2 is 1.71 bits per heavy atom. The molecule has 5 N–H and O–H groups in total. The number of aliphatic hydroxyl groups excluding tert-OH is 1. The number of aliphatic hydroxyl groups is 2. The van der Waals surface area contributed by atoms with Crippen LogP contribution in [0.2, 0.25) is 0 Å². The zero-order valence-electron chi connectivity index (χ0n) is 26.7. The summed E-state index contributed by atoms with van der Waals surface area (Å²) in [6.45, 7) is 2.64. The van der Waals surface area contributed by atoms with Gasteiger partial charge < -0.3 is 49.4 Å². The number of nitrogens with one attached hydrogen (secondary N) is 1. The number of phenols is 2. The highest BCUT2D eigenvalue weighted by molar-refractivity contribution is 6.31. The Labute approximate surface area is 274 Å². The Morgan fingerprint density at radius 1 is 1.02 bits per heavy atom. The number of hydrogen-bond donors (Lipinski definition) is 5. The SMILES string of the molecule is COC(=O)/C=C(\NC1CC(OC2C[C@](O)(C(C)=O)Cc3c(O)c4c(c(O)c32)C(=O)c2c(OC)cccc2C4=O)OC(C)C1O)C(=O)OC. The van der Waals surface area contributed by atoms with Crippen molar-refractivity contribution in [3.63, 3.8) is 0 Å². The second-order valence-corrected chi connectivity index (χ2v) is 11.8. The average Bonchev–Trinajstić information content (AvgIpc) is 3.05. The zero-order chi connectivity index (χ0) is 35.2. The summed E-state index contributed by atoms with van der Waals surface area (Å²) < 4.78 is 26.7. The van der Waals surface area contributed by atoms with Crippen LogP contribution in [0, 0.1) is 0 Å². The van der Waals surface area contributed by atoms with Gasteiger partial charge in [0, 0.05) is 36.0 Å². The minimum atomic E-state index is -2.13. The lowest BCUT2D eigenvalue weighted by Gasteiger charge is -2.43. The van der Waals surface area contributed by atoms with Crippen LogP contribution in [0.15, 0.2) is 30.0 Å². The van der Waals surface area contributed by atoms with E-state index in [-0.39, 0.29) is 40.1 Å². The number of aromatic hydroxyl groups is 2. The number of methoxy groups -OCH3 is 3. The largest absolute Gasteiger partial charge is 0.507 e. The van der Waals surface area contributed by atoms with Gasteiger partial charge in [0.2, 0.25) is 5.78 Å². The molecule has 15 nitrogen and oxygen atoms in total. The van der Waals surface area contributed by atoms with Crippen molar-refractivity contribution in [2.45, 2.75) is 69.4 Å². The molecule has 2 aromatic carbocycles. The van der Waals surface area contributed by atoms with E-state index in [2.05, 4.69) is 10.1 Å². The maximum Gasteiger partial charge on any atom is 0.354 e. The van der Waals surface area contributed by atoms with Crippen molar-refractivity contribution in [2.75, 3.05) is 21.3 Å². The maximum absolute atomic E-state index is 13.8. The number of carbonyl (C=O) groups excluding carboxylic acids is 5. The molecule has 3 aliphatic rings. The third kappa shape index (κ3) is 5.78. The van der Waals surface area contributed by atoms with Crippen LogP contribution in [-0.4, -0.2) is 101 Å². The molecule has 1 aliphatic heterocycles. The summed E-state index contributed by atoms with van der Waals surface area (Å²) in [5.41, 5.74) is -3.97. The predicted octanol–water partition coefficient (Wildman–Crippen LogP) is 0.890. The van der Waals surface area contributed by atoms with Gasteiger partial charge in [0.25, 0.3) is 0 Å². The molecule has 48 heavy (non-hydrogen) atoms. The van der Waals surface area contributed by atoms with E-state index in [0.717, 1.165) is 27.2 Å². The number of ketones is 3. The van der Waals surface area contributed by atoms with Crippen molar-refractivity contribution in [2.24, 2.45) is 0 Å². The number of ether oxygens (including phenoxy) is 5. The van der Waals surface area contributed by atoms with E-state index >= 15 is 0 Å². The number of benzene rings is 2. The number of hydrogen-bond acceptors (Lipinski definition) is 15. The molecule has 15 heteroatoms. The number of Topliss-reactive ketones (excluding diaryl/α,β-unsaturated/α-hetero) is 1. The zero-order valence-corrected chi connectivity index (χ0v) is 26.7. The number of carbonyl (C=O) groups is 5. The molecule has 1 fully saturated rings. The molecule has 2 aromatic rings. The van der Waals surface area contributed by atoms with Crippen LogP contribution in [0.4, 0.5) is 0 Å². The van der Waals surface area contributed by atoms with Crippen LogP contribution < -0.4 is 10.1 Å². The third-order valence-corrected chi connectivity index (χ3v) is 8.96. The van der Waals surface area contributed by atoms with Gasteiger partial charge in [0.1, 0.15) is 34.7 Å². The highest BCUT2D eigenvalue weighted by Crippen LogP contribution is 2.52. The summed E-state index contributed by atoms with van der Waals surface area (Å²) >= 11 is 0. The monoisotopic (exact) mass is 669 g/mol. The lowest BCUT2D eigenvalue weighted by atomic mass is 9.72. The summed E-state index contributed by atoms with van der Waals surface area (Å²) in [7, 11) is 3.51. The minimum Gasteiger partial charge on any atom is -0.507 e. The van der Waals surface area contributed by atoms with Crippen molar-refractivity contribution >= 4 is 29.3 Å². The summed E-state index contributed by atoms with van der Waals surface area (Å²) in [5.74, 6) is -5.42. The molecule has 0 spiro atoms. The summed E-state index contributed by atoms with van der Waals surface area (Å²) in [6.07, 6.45) is -5.15. The first kappa shape index (κ1) is 34.5. The van der Waals surface area contributed by atoms with E-state index in [0.29, 0.717) is 0 Å². The molecule has 1 heterocycles. The molecule has 0 radical (unpaired) electrons. The molecule has 6 atom stereocenters. The van der Waals surface area contributed by atoms with Crippen molar-refractivity contribution in [1.82, 2.24) is 5.32 Å². The van der Waals surface area contributed by atoms with Gasteiger partial charge in [-0.15, -0.1) is 0 Å². The highest BCUT2D eigenvalue weighted by Gasteiger charge is 2.49. The van der Waals surface area contributed by atoms with Gasteiger partial charge in [-0.2, -0.15) is 0 Å². The van der Waals surface area contributed by atoms with Gasteiger partial charge in [-0.1, -0.05) is 12.1 Å². The second kappa shape index (κ2) is 13.0. The van der Waals surface area contributed by atoms with E-state index in [1.165, 1.54) is 32.2 Å². The predicted molar refractivity (Wildman–Crippen MR) is 161 cm³/mol. The standard InChI is InChI=1S/C33H35NO14/c1-13-27(37)17(34-18(32(42)46-5)9-21(36)45-4)10-22(47-13)48-20-12-33(43,14(2)35)11-16-24(20)31(41)26-25(29(16)39)28(38)15-7-6-8-19(44-3)23(15)30(26)40/h6-9,13,17,20,22,27,34,37,39,41,43H,10-12H2,1-5H3/b18-9-/t13?,17?,20?,22?,27?,33-/m0/s1. The van der Waals surface area contributed by atoms with Crippen molar-refractivity contribution in [1.29, 1.82) is 0 Å². The van der Waals surface area contributed by atoms with Crippen molar-refractivity contribution < 1.29 is 68.1 Å². The van der Waals surface area contributed by atoms with Crippen molar-refractivity contribution in [3.05, 3.63) is 63.4 Å². The van der Waals surface area contributed by atoms with Crippen LogP contribution in [0.3, 0.4) is 0 Å². The van der Waals surface area contributed by atoms with Crippen LogP contribution >= 0.6 is 0 Å². The Bertz CT molecular complexity index is 1750. The van der Waals surface area contributed by atoms with E-state index in [1.54, 1.807) is 0 Å². The highest BCUT2D eigenvalue weighted by atomic mass is 16.7. The maximum atomic E-state index is 13.8. The van der Waals surface area contributed by atoms with Gasteiger partial charge in [0.05, 0.1) is 62.3 Å². The minimum absolute atomic E-state index is 0.0683. The molecule has 256 valence electrons. The van der Waals surface area contributed by atoms with Crippen LogP contribution in [0.25, 0.3) is 0 Å². The molecule has 0 saturated carbocycles. The van der Waals surface area contributed by atoms with Gasteiger partial charge in [0.15, 0.2) is 17.9 Å². The molecular weight excluding hydrogens is 634 g/mol. The van der Waals surface area contributed by atoms with Crippen LogP contribution in [-0.2, 0) is 39.8 Å². The average molecular weight is 670 g/mol. The van der Waals surface area contributed by atoms with Gasteiger partial charge in [-0.25, -0.2) is 9.59 Å². The van der Waals surface area contributed by atoms with Crippen molar-refractivity contribution in [3.8, 4) is 17.2 Å². The first-order valence-electron chi connectivity index (χ1n) is 14.9. The Hall–Kier alpha value is -4.83. The molecule has 0 aromatic heterocycles. The number of esters is 2. The third-order valence-electron chi connectivity index (χ3n) is 8.96. The van der Waals surface area contributed by atoms with Gasteiger partial charge >= 0.3 is 11.9 Å². The van der Waals surface area contributed by atoms with Gasteiger partial charge in [-0.05, 0) is 19.9 Å². The van der Waals surface area contributed by atoms with Crippen LogP contribution in [0.1, 0.15) is 75.8 Å². The molecule has 0 amide bonds.